The van der Waals surface area contributed by atoms with E-state index in [9.17, 15) is 4.79 Å². The summed E-state index contributed by atoms with van der Waals surface area (Å²) in [6, 6.07) is 11.2. The summed E-state index contributed by atoms with van der Waals surface area (Å²) in [6.45, 7) is 1.09. The summed E-state index contributed by atoms with van der Waals surface area (Å²) >= 11 is 0. The fourth-order valence-corrected chi connectivity index (χ4v) is 2.75. The molecule has 0 aliphatic heterocycles. The Bertz CT molecular complexity index is 825. The molecule has 0 aliphatic carbocycles. The van der Waals surface area contributed by atoms with Gasteiger partial charge in [-0.3, -0.25) is 9.79 Å². The minimum Gasteiger partial charge on any atom is -0.493 e. The number of guanidine groups is 1. The van der Waals surface area contributed by atoms with E-state index in [2.05, 4.69) is 20.9 Å². The predicted octanol–water partition coefficient (Wildman–Crippen LogP) is 1.94. The van der Waals surface area contributed by atoms with E-state index in [1.54, 1.807) is 47.6 Å². The van der Waals surface area contributed by atoms with Gasteiger partial charge in [-0.15, -0.1) is 0 Å². The molecule has 0 aliphatic rings. The van der Waals surface area contributed by atoms with Gasteiger partial charge in [0.2, 0.25) is 5.75 Å². The van der Waals surface area contributed by atoms with Crippen molar-refractivity contribution in [2.24, 2.45) is 4.99 Å². The van der Waals surface area contributed by atoms with Crippen LogP contribution in [-0.2, 0) is 13.1 Å². The molecule has 0 heterocycles. The van der Waals surface area contributed by atoms with Gasteiger partial charge in [0.25, 0.3) is 5.91 Å². The van der Waals surface area contributed by atoms with E-state index in [0.717, 1.165) is 11.1 Å². The van der Waals surface area contributed by atoms with Crippen molar-refractivity contribution < 1.29 is 19.0 Å². The Kier molecular flexibility index (Phi) is 8.14. The second-order valence-electron chi connectivity index (χ2n) is 6.09. The van der Waals surface area contributed by atoms with Crippen LogP contribution < -0.4 is 30.2 Å². The van der Waals surface area contributed by atoms with Crippen molar-refractivity contribution in [1.82, 2.24) is 16.0 Å². The molecule has 0 fully saturated rings. The standard InChI is InChI=1S/C21H28N4O4/c1-22-20(26)16-8-6-14(7-9-16)12-24-21(23-2)25-13-15-10-17(27-3)19(29-5)18(11-15)28-4/h6-11H,12-13H2,1-5H3,(H,22,26)(H2,23,24,25). The lowest BCUT2D eigenvalue weighted by molar-refractivity contribution is 0.0963. The van der Waals surface area contributed by atoms with E-state index >= 15 is 0 Å². The number of amides is 1. The van der Waals surface area contributed by atoms with Gasteiger partial charge in [0.1, 0.15) is 0 Å². The third-order valence-electron chi connectivity index (χ3n) is 4.31. The van der Waals surface area contributed by atoms with Gasteiger partial charge in [-0.1, -0.05) is 12.1 Å². The first kappa shape index (κ1) is 21.9. The summed E-state index contributed by atoms with van der Waals surface area (Å²) < 4.78 is 16.1. The Hall–Kier alpha value is -3.42. The summed E-state index contributed by atoms with van der Waals surface area (Å²) in [7, 11) is 8.07. The third kappa shape index (κ3) is 5.78. The number of methoxy groups -OCH3 is 3. The van der Waals surface area contributed by atoms with Crippen molar-refractivity contribution in [1.29, 1.82) is 0 Å². The molecule has 0 bridgehead atoms. The first-order valence-corrected chi connectivity index (χ1v) is 9.10. The second kappa shape index (κ2) is 10.8. The molecule has 0 saturated heterocycles. The number of aliphatic imine (C=N–C) groups is 1. The van der Waals surface area contributed by atoms with Crippen LogP contribution in [-0.4, -0.2) is 47.3 Å². The molecular weight excluding hydrogens is 372 g/mol. The molecule has 1 amide bonds. The van der Waals surface area contributed by atoms with E-state index in [1.165, 1.54) is 0 Å². The second-order valence-corrected chi connectivity index (χ2v) is 6.09. The zero-order valence-corrected chi connectivity index (χ0v) is 17.5. The van der Waals surface area contributed by atoms with Crippen LogP contribution in [0.15, 0.2) is 41.4 Å². The van der Waals surface area contributed by atoms with E-state index in [4.69, 9.17) is 14.2 Å². The number of hydrogen-bond acceptors (Lipinski definition) is 5. The molecule has 156 valence electrons. The van der Waals surface area contributed by atoms with Gasteiger partial charge in [-0.2, -0.15) is 0 Å². The minimum atomic E-state index is -0.104. The highest BCUT2D eigenvalue weighted by Crippen LogP contribution is 2.38. The molecule has 8 nitrogen and oxygen atoms in total. The Morgan fingerprint density at radius 2 is 1.45 bits per heavy atom. The van der Waals surface area contributed by atoms with Crippen LogP contribution in [0.4, 0.5) is 0 Å². The maximum absolute atomic E-state index is 11.6. The molecule has 2 rings (SSSR count). The lowest BCUT2D eigenvalue weighted by Crippen LogP contribution is -2.36. The van der Waals surface area contributed by atoms with E-state index in [-0.39, 0.29) is 5.91 Å². The van der Waals surface area contributed by atoms with Crippen molar-refractivity contribution in [2.75, 3.05) is 35.4 Å². The SMILES string of the molecule is CN=C(NCc1ccc(C(=O)NC)cc1)NCc1cc(OC)c(OC)c(OC)c1. The average Bonchev–Trinajstić information content (AvgIpc) is 2.78. The maximum atomic E-state index is 11.6. The lowest BCUT2D eigenvalue weighted by Gasteiger charge is -2.16. The molecule has 29 heavy (non-hydrogen) atoms. The molecule has 2 aromatic rings. The summed E-state index contributed by atoms with van der Waals surface area (Å²) in [5.74, 6) is 2.30. The number of hydrogen-bond donors (Lipinski definition) is 3. The van der Waals surface area contributed by atoms with Crippen molar-refractivity contribution in [2.45, 2.75) is 13.1 Å². The van der Waals surface area contributed by atoms with Crippen LogP contribution in [0.3, 0.4) is 0 Å². The van der Waals surface area contributed by atoms with Gasteiger partial charge in [-0.05, 0) is 35.4 Å². The van der Waals surface area contributed by atoms with Crippen molar-refractivity contribution in [3.8, 4) is 17.2 Å². The van der Waals surface area contributed by atoms with Gasteiger partial charge >= 0.3 is 0 Å². The Labute approximate surface area is 171 Å². The highest BCUT2D eigenvalue weighted by molar-refractivity contribution is 5.93. The molecule has 0 atom stereocenters. The number of rotatable bonds is 8. The van der Waals surface area contributed by atoms with Gasteiger partial charge in [0.05, 0.1) is 21.3 Å². The van der Waals surface area contributed by atoms with E-state index < -0.39 is 0 Å². The van der Waals surface area contributed by atoms with E-state index in [0.29, 0.717) is 41.9 Å². The molecule has 0 saturated carbocycles. The number of benzene rings is 2. The normalized spacial score (nSPS) is 10.9. The monoisotopic (exact) mass is 400 g/mol. The predicted molar refractivity (Wildman–Crippen MR) is 113 cm³/mol. The first-order valence-electron chi connectivity index (χ1n) is 9.10. The first-order chi connectivity index (χ1) is 14.1. The van der Waals surface area contributed by atoms with Gasteiger partial charge in [0.15, 0.2) is 17.5 Å². The number of carbonyl (C=O) groups is 1. The Morgan fingerprint density at radius 1 is 0.897 bits per heavy atom. The average molecular weight is 400 g/mol. The number of nitrogens with one attached hydrogen (secondary N) is 3. The third-order valence-corrected chi connectivity index (χ3v) is 4.31. The minimum absolute atomic E-state index is 0.104. The summed E-state index contributed by atoms with van der Waals surface area (Å²) in [5, 5.41) is 9.11. The van der Waals surface area contributed by atoms with Crippen LogP contribution >= 0.6 is 0 Å². The lowest BCUT2D eigenvalue weighted by atomic mass is 10.1. The van der Waals surface area contributed by atoms with Gasteiger partial charge < -0.3 is 30.2 Å². The highest BCUT2D eigenvalue weighted by atomic mass is 16.5. The quantitative estimate of drug-likeness (QED) is 0.463. The van der Waals surface area contributed by atoms with Crippen molar-refractivity contribution in [3.05, 3.63) is 53.1 Å². The van der Waals surface area contributed by atoms with Crippen molar-refractivity contribution >= 4 is 11.9 Å². The number of nitrogens with zero attached hydrogens (tertiary/aromatic N) is 1. The van der Waals surface area contributed by atoms with Crippen LogP contribution in [0.25, 0.3) is 0 Å². The molecule has 0 aromatic heterocycles. The molecule has 0 spiro atoms. The topological polar surface area (TPSA) is 93.2 Å². The number of ether oxygens (including phenoxy) is 3. The van der Waals surface area contributed by atoms with Gasteiger partial charge in [-0.25, -0.2) is 0 Å². The van der Waals surface area contributed by atoms with Crippen LogP contribution in [0, 0.1) is 0 Å². The molecule has 2 aromatic carbocycles. The fraction of sp³-hybridized carbons (Fsp3) is 0.333. The molecule has 3 N–H and O–H groups in total. The summed E-state index contributed by atoms with van der Waals surface area (Å²) in [4.78, 5) is 15.8. The fourth-order valence-electron chi connectivity index (χ4n) is 2.75. The number of carbonyl (C=O) groups excluding carboxylic acids is 1. The Morgan fingerprint density at radius 3 is 1.90 bits per heavy atom. The Balaban J connectivity index is 1.98. The van der Waals surface area contributed by atoms with Crippen molar-refractivity contribution in [3.63, 3.8) is 0 Å². The maximum Gasteiger partial charge on any atom is 0.251 e. The summed E-state index contributed by atoms with van der Waals surface area (Å²) in [5.41, 5.74) is 2.62. The highest BCUT2D eigenvalue weighted by Gasteiger charge is 2.13. The smallest absolute Gasteiger partial charge is 0.251 e. The molecule has 0 unspecified atom stereocenters. The zero-order chi connectivity index (χ0) is 21.2. The molecular formula is C21H28N4O4. The van der Waals surface area contributed by atoms with Crippen LogP contribution in [0.5, 0.6) is 17.2 Å². The summed E-state index contributed by atoms with van der Waals surface area (Å²) in [6.07, 6.45) is 0. The molecule has 0 radical (unpaired) electrons. The van der Waals surface area contributed by atoms with Crippen LogP contribution in [0.2, 0.25) is 0 Å². The van der Waals surface area contributed by atoms with Gasteiger partial charge in [0, 0.05) is 32.7 Å². The van der Waals surface area contributed by atoms with E-state index in [1.807, 2.05) is 24.3 Å². The largest absolute Gasteiger partial charge is 0.493 e. The molecule has 8 heteroatoms. The van der Waals surface area contributed by atoms with Crippen LogP contribution in [0.1, 0.15) is 21.5 Å². The zero-order valence-electron chi connectivity index (χ0n) is 17.5.